The lowest BCUT2D eigenvalue weighted by Crippen LogP contribution is -2.26. The molecule has 0 spiro atoms. The number of carbonyl (C=O) groups is 1. The fourth-order valence-corrected chi connectivity index (χ4v) is 1.96. The highest BCUT2D eigenvalue weighted by Gasteiger charge is 2.12. The minimum atomic E-state index is -0.938. The van der Waals surface area contributed by atoms with Gasteiger partial charge in [0, 0.05) is 19.2 Å². The van der Waals surface area contributed by atoms with Crippen LogP contribution in [-0.2, 0) is 17.8 Å². The number of rotatable bonds is 4. The fraction of sp³-hybridized carbons (Fsp3) is 0.385. The first-order valence-electron chi connectivity index (χ1n) is 6.10. The van der Waals surface area contributed by atoms with Crippen LogP contribution in [0.5, 0.6) is 0 Å². The molecule has 2 aromatic rings. The van der Waals surface area contributed by atoms with Crippen LogP contribution in [0.2, 0.25) is 0 Å². The number of carboxylic acids is 1. The molecule has 100 valence electrons. The van der Waals surface area contributed by atoms with Crippen molar-refractivity contribution in [3.63, 3.8) is 0 Å². The van der Waals surface area contributed by atoms with Gasteiger partial charge in [-0.1, -0.05) is 0 Å². The largest absolute Gasteiger partial charge is 0.481 e. The van der Waals surface area contributed by atoms with Crippen molar-refractivity contribution in [2.75, 3.05) is 0 Å². The van der Waals surface area contributed by atoms with Crippen LogP contribution >= 0.6 is 0 Å². The first-order chi connectivity index (χ1) is 9.02. The molecule has 0 aliphatic rings. The predicted molar refractivity (Wildman–Crippen MR) is 70.2 cm³/mol. The van der Waals surface area contributed by atoms with Gasteiger partial charge in [-0.2, -0.15) is 0 Å². The number of hydrogen-bond donors (Lipinski definition) is 1. The molecule has 0 amide bonds. The highest BCUT2D eigenvalue weighted by atomic mass is 16.4. The van der Waals surface area contributed by atoms with Gasteiger partial charge in [-0.3, -0.25) is 14.2 Å². The van der Waals surface area contributed by atoms with Crippen LogP contribution in [-0.4, -0.2) is 25.6 Å². The Bertz CT molecular complexity index is 691. The molecule has 6 nitrogen and oxygen atoms in total. The number of aliphatic carboxylic acids is 1. The number of aryl methyl sites for hydroxylation is 3. The van der Waals surface area contributed by atoms with E-state index < -0.39 is 5.97 Å². The monoisotopic (exact) mass is 261 g/mol. The zero-order valence-electron chi connectivity index (χ0n) is 10.9. The number of carboxylic acid groups (broad SMARTS) is 1. The Morgan fingerprint density at radius 3 is 2.84 bits per heavy atom. The summed E-state index contributed by atoms with van der Waals surface area (Å²) in [5.41, 5.74) is 2.14. The quantitative estimate of drug-likeness (QED) is 0.892. The molecule has 0 bridgehead atoms. The van der Waals surface area contributed by atoms with E-state index in [1.54, 1.807) is 6.20 Å². The lowest BCUT2D eigenvalue weighted by Gasteiger charge is -2.09. The number of fused-ring (bicyclic) bond motifs is 1. The molecule has 2 aromatic heterocycles. The van der Waals surface area contributed by atoms with Crippen LogP contribution in [0.15, 0.2) is 17.1 Å². The van der Waals surface area contributed by atoms with E-state index in [0.29, 0.717) is 17.7 Å². The topological polar surface area (TPSA) is 85.1 Å². The summed E-state index contributed by atoms with van der Waals surface area (Å²) in [5.74, 6) is -0.938. The zero-order chi connectivity index (χ0) is 14.0. The van der Waals surface area contributed by atoms with Gasteiger partial charge < -0.3 is 5.11 Å². The second-order valence-corrected chi connectivity index (χ2v) is 4.36. The van der Waals surface area contributed by atoms with Gasteiger partial charge in [0.2, 0.25) is 0 Å². The minimum Gasteiger partial charge on any atom is -0.481 e. The third-order valence-electron chi connectivity index (χ3n) is 2.88. The molecule has 6 heteroatoms. The molecule has 0 saturated heterocycles. The Hall–Kier alpha value is -2.24. The van der Waals surface area contributed by atoms with Crippen molar-refractivity contribution in [2.45, 2.75) is 33.2 Å². The van der Waals surface area contributed by atoms with Crippen molar-refractivity contribution in [3.05, 3.63) is 33.9 Å². The molecule has 0 atom stereocenters. The van der Waals surface area contributed by atoms with Crippen LogP contribution in [0.1, 0.15) is 24.6 Å². The van der Waals surface area contributed by atoms with Gasteiger partial charge >= 0.3 is 5.97 Å². The second kappa shape index (κ2) is 5.17. The van der Waals surface area contributed by atoms with Gasteiger partial charge in [0.25, 0.3) is 5.56 Å². The van der Waals surface area contributed by atoms with Crippen molar-refractivity contribution in [3.8, 4) is 0 Å². The van der Waals surface area contributed by atoms with Crippen molar-refractivity contribution in [1.29, 1.82) is 0 Å². The summed E-state index contributed by atoms with van der Waals surface area (Å²) in [6.45, 7) is 4.23. The lowest BCUT2D eigenvalue weighted by molar-refractivity contribution is -0.136. The van der Waals surface area contributed by atoms with Gasteiger partial charge in [-0.15, -0.1) is 0 Å². The fourth-order valence-electron chi connectivity index (χ4n) is 1.96. The molecule has 0 radical (unpaired) electrons. The maximum Gasteiger partial charge on any atom is 0.303 e. The van der Waals surface area contributed by atoms with E-state index in [9.17, 15) is 9.59 Å². The Labute approximate surface area is 109 Å². The molecule has 2 heterocycles. The van der Waals surface area contributed by atoms with Crippen molar-refractivity contribution in [2.24, 2.45) is 0 Å². The maximum absolute atomic E-state index is 12.2. The molecule has 19 heavy (non-hydrogen) atoms. The Kier molecular flexibility index (Phi) is 3.59. The smallest absolute Gasteiger partial charge is 0.303 e. The standard InChI is InChI=1S/C13H15N3O3/c1-3-16-12-10(6-8(2)7-14-12)15-9(13(16)19)4-5-11(17)18/h6-7H,3-5H2,1-2H3,(H,17,18). The van der Waals surface area contributed by atoms with E-state index in [-0.39, 0.29) is 24.1 Å². The second-order valence-electron chi connectivity index (χ2n) is 4.36. The third kappa shape index (κ3) is 2.62. The van der Waals surface area contributed by atoms with Gasteiger partial charge in [0.1, 0.15) is 11.2 Å². The Morgan fingerprint density at radius 1 is 1.47 bits per heavy atom. The highest BCUT2D eigenvalue weighted by molar-refractivity contribution is 5.71. The van der Waals surface area contributed by atoms with Crippen LogP contribution in [0.4, 0.5) is 0 Å². The highest BCUT2D eigenvalue weighted by Crippen LogP contribution is 2.10. The summed E-state index contributed by atoms with van der Waals surface area (Å²) in [7, 11) is 0. The molecule has 0 aromatic carbocycles. The average Bonchev–Trinajstić information content (AvgIpc) is 2.36. The first kappa shape index (κ1) is 13.2. The Morgan fingerprint density at radius 2 is 2.21 bits per heavy atom. The van der Waals surface area contributed by atoms with Crippen molar-refractivity contribution >= 4 is 17.1 Å². The lowest BCUT2D eigenvalue weighted by atomic mass is 10.2. The summed E-state index contributed by atoms with van der Waals surface area (Å²) in [5, 5.41) is 8.70. The molecule has 0 aliphatic heterocycles. The zero-order valence-corrected chi connectivity index (χ0v) is 10.9. The van der Waals surface area contributed by atoms with Crippen molar-refractivity contribution in [1.82, 2.24) is 14.5 Å². The average molecular weight is 261 g/mol. The van der Waals surface area contributed by atoms with E-state index in [2.05, 4.69) is 9.97 Å². The normalized spacial score (nSPS) is 10.8. The SMILES string of the molecule is CCn1c(=O)c(CCC(=O)O)nc2cc(C)cnc21. The van der Waals surface area contributed by atoms with Crippen LogP contribution < -0.4 is 5.56 Å². The van der Waals surface area contributed by atoms with Gasteiger partial charge in [0.15, 0.2) is 5.65 Å². The van der Waals surface area contributed by atoms with Crippen LogP contribution in [0.25, 0.3) is 11.2 Å². The third-order valence-corrected chi connectivity index (χ3v) is 2.88. The van der Waals surface area contributed by atoms with Gasteiger partial charge in [-0.25, -0.2) is 9.97 Å². The van der Waals surface area contributed by atoms with Gasteiger partial charge in [0.05, 0.1) is 6.42 Å². The number of aromatic nitrogens is 3. The molecule has 0 fully saturated rings. The summed E-state index contributed by atoms with van der Waals surface area (Å²) in [6, 6.07) is 1.85. The molecule has 2 rings (SSSR count). The summed E-state index contributed by atoms with van der Waals surface area (Å²) >= 11 is 0. The minimum absolute atomic E-state index is 0.100. The number of hydrogen-bond acceptors (Lipinski definition) is 4. The van der Waals surface area contributed by atoms with Crippen LogP contribution in [0, 0.1) is 6.92 Å². The summed E-state index contributed by atoms with van der Waals surface area (Å²) in [6.07, 6.45) is 1.72. The van der Waals surface area contributed by atoms with E-state index in [4.69, 9.17) is 5.11 Å². The number of nitrogens with zero attached hydrogens (tertiary/aromatic N) is 3. The van der Waals surface area contributed by atoms with Crippen LogP contribution in [0.3, 0.4) is 0 Å². The summed E-state index contributed by atoms with van der Waals surface area (Å²) < 4.78 is 1.53. The molecule has 0 saturated carbocycles. The molecule has 0 aliphatic carbocycles. The molecular formula is C13H15N3O3. The molecular weight excluding hydrogens is 246 g/mol. The maximum atomic E-state index is 12.2. The summed E-state index contributed by atoms with van der Waals surface area (Å²) in [4.78, 5) is 31.3. The predicted octanol–water partition coefficient (Wildman–Crippen LogP) is 1.14. The van der Waals surface area contributed by atoms with E-state index in [0.717, 1.165) is 5.56 Å². The Balaban J connectivity index is 2.62. The molecule has 0 unspecified atom stereocenters. The molecule has 1 N–H and O–H groups in total. The van der Waals surface area contributed by atoms with E-state index in [1.165, 1.54) is 4.57 Å². The van der Waals surface area contributed by atoms with E-state index >= 15 is 0 Å². The van der Waals surface area contributed by atoms with Crippen molar-refractivity contribution < 1.29 is 9.90 Å². The van der Waals surface area contributed by atoms with Gasteiger partial charge in [-0.05, 0) is 25.5 Å². The van der Waals surface area contributed by atoms with E-state index in [1.807, 2.05) is 19.9 Å². The number of pyridine rings is 1. The first-order valence-corrected chi connectivity index (χ1v) is 6.10.